The van der Waals surface area contributed by atoms with Crippen molar-refractivity contribution in [1.29, 1.82) is 5.26 Å². The highest BCUT2D eigenvalue weighted by molar-refractivity contribution is 7.17. The van der Waals surface area contributed by atoms with Crippen LogP contribution in [0.15, 0.2) is 17.5 Å². The van der Waals surface area contributed by atoms with Gasteiger partial charge in [0.25, 0.3) is 0 Å². The molecule has 0 aliphatic heterocycles. The van der Waals surface area contributed by atoms with E-state index in [0.29, 0.717) is 10.3 Å². The number of thiophene rings is 1. The van der Waals surface area contributed by atoms with E-state index in [1.807, 2.05) is 6.07 Å². The van der Waals surface area contributed by atoms with Crippen molar-refractivity contribution in [2.75, 3.05) is 0 Å². The topological polar surface area (TPSA) is 44.0 Å². The van der Waals surface area contributed by atoms with Gasteiger partial charge in [-0.1, -0.05) is 0 Å². The maximum Gasteiger partial charge on any atom is 0.145 e. The summed E-state index contributed by atoms with van der Waals surface area (Å²) in [7, 11) is 0. The molecule has 2 nitrogen and oxygen atoms in total. The van der Waals surface area contributed by atoms with Gasteiger partial charge in [0.05, 0.1) is 17.9 Å². The van der Waals surface area contributed by atoms with Gasteiger partial charge in [0.2, 0.25) is 0 Å². The predicted octanol–water partition coefficient (Wildman–Crippen LogP) is 2.81. The molecule has 2 rings (SSSR count). The number of phenols is 1. The lowest BCUT2D eigenvalue weighted by Crippen LogP contribution is -1.81. The molecule has 1 N–H and O–H groups in total. The first kappa shape index (κ1) is 8.97. The first-order chi connectivity index (χ1) is 6.72. The van der Waals surface area contributed by atoms with Gasteiger partial charge in [-0.3, -0.25) is 0 Å². The molecule has 0 unspecified atom stereocenters. The summed E-state index contributed by atoms with van der Waals surface area (Å²) < 4.78 is 13.8. The van der Waals surface area contributed by atoms with Crippen molar-refractivity contribution in [2.45, 2.75) is 6.42 Å². The summed E-state index contributed by atoms with van der Waals surface area (Å²) in [5.74, 6) is -0.502. The number of aromatic hydroxyl groups is 1. The Labute approximate surface area is 83.8 Å². The van der Waals surface area contributed by atoms with Crippen LogP contribution in [-0.2, 0) is 6.42 Å². The molecule has 1 aromatic heterocycles. The first-order valence-corrected chi connectivity index (χ1v) is 4.86. The molecule has 70 valence electrons. The SMILES string of the molecule is N#CCc1cc(O)c2c(F)csc2c1. The van der Waals surface area contributed by atoms with E-state index in [9.17, 15) is 9.50 Å². The lowest BCUT2D eigenvalue weighted by molar-refractivity contribution is 0.478. The average molecular weight is 207 g/mol. The minimum atomic E-state index is -0.411. The van der Waals surface area contributed by atoms with Crippen LogP contribution in [-0.4, -0.2) is 5.11 Å². The Morgan fingerprint density at radius 2 is 2.29 bits per heavy atom. The molecule has 0 aliphatic carbocycles. The molecule has 0 spiro atoms. The lowest BCUT2D eigenvalue weighted by atomic mass is 10.1. The zero-order valence-electron chi connectivity index (χ0n) is 7.12. The van der Waals surface area contributed by atoms with Gasteiger partial charge in [-0.15, -0.1) is 11.3 Å². The minimum absolute atomic E-state index is 0.0912. The molecular formula is C10H6FNOS. The van der Waals surface area contributed by atoms with Crippen LogP contribution in [0.5, 0.6) is 5.75 Å². The third-order valence-electron chi connectivity index (χ3n) is 1.95. The Morgan fingerprint density at radius 3 is 3.00 bits per heavy atom. The van der Waals surface area contributed by atoms with Gasteiger partial charge in [-0.2, -0.15) is 5.26 Å². The number of benzene rings is 1. The van der Waals surface area contributed by atoms with Crippen LogP contribution < -0.4 is 0 Å². The Kier molecular flexibility index (Phi) is 2.10. The maximum absolute atomic E-state index is 13.1. The number of nitrogens with zero attached hydrogens (tertiary/aromatic N) is 1. The molecule has 0 fully saturated rings. The second kappa shape index (κ2) is 3.28. The Bertz CT molecular complexity index is 527. The third kappa shape index (κ3) is 1.32. The summed E-state index contributed by atoms with van der Waals surface area (Å²) in [5.41, 5.74) is 0.708. The van der Waals surface area contributed by atoms with Gasteiger partial charge in [0.1, 0.15) is 11.6 Å². The summed E-state index contributed by atoms with van der Waals surface area (Å²) in [6.07, 6.45) is 0.225. The second-order valence-electron chi connectivity index (χ2n) is 2.91. The molecule has 0 bridgehead atoms. The van der Waals surface area contributed by atoms with Crippen LogP contribution >= 0.6 is 11.3 Å². The fourth-order valence-corrected chi connectivity index (χ4v) is 2.24. The molecule has 14 heavy (non-hydrogen) atoms. The van der Waals surface area contributed by atoms with Crippen molar-refractivity contribution < 1.29 is 9.50 Å². The highest BCUT2D eigenvalue weighted by atomic mass is 32.1. The van der Waals surface area contributed by atoms with E-state index >= 15 is 0 Å². The van der Waals surface area contributed by atoms with Crippen molar-refractivity contribution in [3.63, 3.8) is 0 Å². The van der Waals surface area contributed by atoms with E-state index < -0.39 is 5.82 Å². The van der Waals surface area contributed by atoms with Crippen LogP contribution in [0.4, 0.5) is 4.39 Å². The number of phenolic OH excluding ortho intramolecular Hbond substituents is 1. The summed E-state index contributed by atoms with van der Waals surface area (Å²) in [6, 6.07) is 5.14. The first-order valence-electron chi connectivity index (χ1n) is 3.98. The van der Waals surface area contributed by atoms with Crippen molar-refractivity contribution in [3.8, 4) is 11.8 Å². The monoisotopic (exact) mass is 207 g/mol. The number of halogens is 1. The normalized spacial score (nSPS) is 10.3. The van der Waals surface area contributed by atoms with Gasteiger partial charge in [-0.05, 0) is 17.7 Å². The third-order valence-corrected chi connectivity index (χ3v) is 2.85. The number of fused-ring (bicyclic) bond motifs is 1. The smallest absolute Gasteiger partial charge is 0.145 e. The largest absolute Gasteiger partial charge is 0.507 e. The highest BCUT2D eigenvalue weighted by Crippen LogP contribution is 2.33. The Morgan fingerprint density at radius 1 is 1.50 bits per heavy atom. The number of rotatable bonds is 1. The van der Waals surface area contributed by atoms with E-state index in [0.717, 1.165) is 0 Å². The Hall–Kier alpha value is -1.60. The number of hydrogen-bond acceptors (Lipinski definition) is 3. The van der Waals surface area contributed by atoms with Crippen LogP contribution in [0.25, 0.3) is 10.1 Å². The zero-order chi connectivity index (χ0) is 10.1. The summed E-state index contributed by atoms with van der Waals surface area (Å²) in [5, 5.41) is 19.6. The highest BCUT2D eigenvalue weighted by Gasteiger charge is 2.09. The quantitative estimate of drug-likeness (QED) is 0.781. The van der Waals surface area contributed by atoms with E-state index in [4.69, 9.17) is 5.26 Å². The van der Waals surface area contributed by atoms with Crippen molar-refractivity contribution in [2.24, 2.45) is 0 Å². The van der Waals surface area contributed by atoms with Gasteiger partial charge < -0.3 is 5.11 Å². The number of hydrogen-bond donors (Lipinski definition) is 1. The fraction of sp³-hybridized carbons (Fsp3) is 0.100. The minimum Gasteiger partial charge on any atom is -0.507 e. The van der Waals surface area contributed by atoms with E-state index in [-0.39, 0.29) is 17.6 Å². The average Bonchev–Trinajstić information content (AvgIpc) is 2.48. The molecule has 2 aromatic rings. The summed E-state index contributed by atoms with van der Waals surface area (Å²) >= 11 is 1.22. The van der Waals surface area contributed by atoms with Gasteiger partial charge in [0.15, 0.2) is 0 Å². The molecule has 1 aromatic carbocycles. The molecule has 0 saturated heterocycles. The van der Waals surface area contributed by atoms with Crippen LogP contribution in [0.2, 0.25) is 0 Å². The molecule has 0 atom stereocenters. The molecule has 1 heterocycles. The molecule has 0 saturated carbocycles. The van der Waals surface area contributed by atoms with E-state index in [1.165, 1.54) is 22.8 Å². The zero-order valence-corrected chi connectivity index (χ0v) is 7.94. The molecule has 0 aliphatic rings. The molecular weight excluding hydrogens is 201 g/mol. The fourth-order valence-electron chi connectivity index (χ4n) is 1.36. The lowest BCUT2D eigenvalue weighted by Gasteiger charge is -1.98. The molecule has 0 radical (unpaired) electrons. The number of nitriles is 1. The van der Waals surface area contributed by atoms with Gasteiger partial charge in [-0.25, -0.2) is 4.39 Å². The van der Waals surface area contributed by atoms with Crippen molar-refractivity contribution >= 4 is 21.4 Å². The standard InChI is InChI=1S/C10H6FNOS/c11-7-5-14-9-4-6(1-2-12)3-8(13)10(7)9/h3-5,13H,1H2. The van der Waals surface area contributed by atoms with Crippen molar-refractivity contribution in [3.05, 3.63) is 28.9 Å². The van der Waals surface area contributed by atoms with Crippen LogP contribution in [0, 0.1) is 17.1 Å². The Balaban J connectivity index is 2.69. The summed E-state index contributed by atoms with van der Waals surface area (Å²) in [6.45, 7) is 0. The summed E-state index contributed by atoms with van der Waals surface area (Å²) in [4.78, 5) is 0. The second-order valence-corrected chi connectivity index (χ2v) is 3.82. The molecule has 4 heteroatoms. The molecule has 0 amide bonds. The van der Waals surface area contributed by atoms with Crippen molar-refractivity contribution in [1.82, 2.24) is 0 Å². The van der Waals surface area contributed by atoms with Gasteiger partial charge >= 0.3 is 0 Å². The predicted molar refractivity (Wildman–Crippen MR) is 52.8 cm³/mol. The van der Waals surface area contributed by atoms with E-state index in [1.54, 1.807) is 6.07 Å². The van der Waals surface area contributed by atoms with Gasteiger partial charge in [0, 0.05) is 10.1 Å². The maximum atomic E-state index is 13.1. The van der Waals surface area contributed by atoms with E-state index in [2.05, 4.69) is 0 Å². The van der Waals surface area contributed by atoms with Crippen LogP contribution in [0.1, 0.15) is 5.56 Å². The van der Waals surface area contributed by atoms with Crippen LogP contribution in [0.3, 0.4) is 0 Å².